The Kier molecular flexibility index (Phi) is 8.36. The van der Waals surface area contributed by atoms with E-state index in [1.807, 2.05) is 32.9 Å². The van der Waals surface area contributed by atoms with Crippen molar-refractivity contribution in [2.45, 2.75) is 53.2 Å². The van der Waals surface area contributed by atoms with Crippen molar-refractivity contribution in [1.29, 1.82) is 0 Å². The number of guanidine groups is 1. The van der Waals surface area contributed by atoms with E-state index in [1.165, 1.54) is 0 Å². The van der Waals surface area contributed by atoms with Crippen molar-refractivity contribution >= 4 is 11.9 Å². The molecule has 1 aliphatic rings. The zero-order chi connectivity index (χ0) is 19.6. The minimum Gasteiger partial charge on any atom is -0.475 e. The first kappa shape index (κ1) is 21.0. The van der Waals surface area contributed by atoms with Gasteiger partial charge in [-0.3, -0.25) is 4.79 Å². The molecule has 1 aromatic heterocycles. The Labute approximate surface area is 162 Å². The fraction of sp³-hybridized carbons (Fsp3) is 0.650. The summed E-state index contributed by atoms with van der Waals surface area (Å²) in [5, 5.41) is 3.34. The monoisotopic (exact) mass is 376 g/mol. The summed E-state index contributed by atoms with van der Waals surface area (Å²) in [6.07, 6.45) is 3.51. The largest absolute Gasteiger partial charge is 0.475 e. The van der Waals surface area contributed by atoms with E-state index in [4.69, 9.17) is 14.5 Å². The summed E-state index contributed by atoms with van der Waals surface area (Å²) < 4.78 is 10.7. The van der Waals surface area contributed by atoms with Crippen molar-refractivity contribution in [2.24, 2.45) is 10.9 Å². The molecule has 1 saturated heterocycles. The highest BCUT2D eigenvalue weighted by Gasteiger charge is 2.27. The fourth-order valence-electron chi connectivity index (χ4n) is 2.99. The highest BCUT2D eigenvalue weighted by atomic mass is 16.5. The van der Waals surface area contributed by atoms with Gasteiger partial charge in [0.25, 0.3) is 0 Å². The van der Waals surface area contributed by atoms with Crippen LogP contribution in [0.5, 0.6) is 5.88 Å². The third-order valence-electron chi connectivity index (χ3n) is 4.31. The molecule has 27 heavy (non-hydrogen) atoms. The Balaban J connectivity index is 1.93. The van der Waals surface area contributed by atoms with E-state index in [2.05, 4.69) is 22.1 Å². The van der Waals surface area contributed by atoms with Crippen LogP contribution in [-0.4, -0.2) is 54.2 Å². The summed E-state index contributed by atoms with van der Waals surface area (Å²) in [7, 11) is 0. The molecule has 0 radical (unpaired) electrons. The number of likely N-dealkylation sites (tertiary alicyclic amines) is 1. The second-order valence-corrected chi connectivity index (χ2v) is 6.85. The summed E-state index contributed by atoms with van der Waals surface area (Å²) in [4.78, 5) is 23.2. The van der Waals surface area contributed by atoms with Gasteiger partial charge in [0.2, 0.25) is 5.88 Å². The molecule has 2 rings (SSSR count). The van der Waals surface area contributed by atoms with E-state index in [9.17, 15) is 4.79 Å². The van der Waals surface area contributed by atoms with Crippen molar-refractivity contribution < 1.29 is 14.3 Å². The Morgan fingerprint density at radius 2 is 2.07 bits per heavy atom. The topological polar surface area (TPSA) is 76.1 Å². The first-order valence-electron chi connectivity index (χ1n) is 9.85. The number of aliphatic imine (C=N–C) groups is 1. The lowest BCUT2D eigenvalue weighted by Gasteiger charge is -2.33. The van der Waals surface area contributed by atoms with Crippen molar-refractivity contribution in [1.82, 2.24) is 15.2 Å². The lowest BCUT2D eigenvalue weighted by Crippen LogP contribution is -2.46. The summed E-state index contributed by atoms with van der Waals surface area (Å²) in [6, 6.07) is 3.87. The van der Waals surface area contributed by atoms with Gasteiger partial charge in [0.05, 0.1) is 25.2 Å². The highest BCUT2D eigenvalue weighted by Crippen LogP contribution is 2.19. The molecule has 0 aliphatic carbocycles. The van der Waals surface area contributed by atoms with Crippen LogP contribution in [-0.2, 0) is 16.1 Å². The molecular formula is C20H32N4O3. The normalized spacial score (nSPS) is 15.7. The Hall–Kier alpha value is -2.31. The van der Waals surface area contributed by atoms with Crippen LogP contribution in [0.25, 0.3) is 0 Å². The molecule has 0 aromatic carbocycles. The van der Waals surface area contributed by atoms with E-state index in [-0.39, 0.29) is 18.0 Å². The van der Waals surface area contributed by atoms with Crippen LogP contribution >= 0.6 is 0 Å². The number of nitrogens with zero attached hydrogens (tertiary/aromatic N) is 3. The fourth-order valence-corrected chi connectivity index (χ4v) is 2.99. The van der Waals surface area contributed by atoms with E-state index in [0.29, 0.717) is 19.0 Å². The predicted octanol–water partition coefficient (Wildman–Crippen LogP) is 2.61. The first-order valence-corrected chi connectivity index (χ1v) is 9.85. The molecule has 0 atom stereocenters. The molecule has 0 spiro atoms. The van der Waals surface area contributed by atoms with Gasteiger partial charge in [-0.05, 0) is 46.1 Å². The second-order valence-electron chi connectivity index (χ2n) is 6.85. The maximum absolute atomic E-state index is 11.9. The maximum atomic E-state index is 11.9. The standard InChI is InChI=1S/C20H32N4O3/c1-5-21-20(24-11-9-17(10-12-24)19(25)26-6-2)23-14-16-7-8-18(22-13-16)27-15(3)4/h7-8,13,15,17H,5-6,9-12,14H2,1-4H3,(H,21,23). The zero-order valence-corrected chi connectivity index (χ0v) is 16.9. The van der Waals surface area contributed by atoms with E-state index in [0.717, 1.165) is 44.0 Å². The van der Waals surface area contributed by atoms with Crippen molar-refractivity contribution in [3.63, 3.8) is 0 Å². The number of ether oxygens (including phenoxy) is 2. The van der Waals surface area contributed by atoms with Gasteiger partial charge in [0.1, 0.15) is 0 Å². The SMILES string of the molecule is CCNC(=NCc1ccc(OC(C)C)nc1)N1CCC(C(=O)OCC)CC1. The third kappa shape index (κ3) is 6.73. The van der Waals surface area contributed by atoms with Gasteiger partial charge in [-0.1, -0.05) is 6.07 Å². The van der Waals surface area contributed by atoms with E-state index in [1.54, 1.807) is 6.20 Å². The average Bonchev–Trinajstić information content (AvgIpc) is 2.66. The van der Waals surface area contributed by atoms with Crippen LogP contribution in [0.15, 0.2) is 23.3 Å². The number of carbonyl (C=O) groups excluding carboxylic acids is 1. The molecule has 0 saturated carbocycles. The number of piperidine rings is 1. The van der Waals surface area contributed by atoms with Gasteiger partial charge >= 0.3 is 5.97 Å². The van der Waals surface area contributed by atoms with Crippen molar-refractivity contribution in [2.75, 3.05) is 26.2 Å². The highest BCUT2D eigenvalue weighted by molar-refractivity contribution is 5.80. The van der Waals surface area contributed by atoms with Crippen LogP contribution in [0.1, 0.15) is 46.1 Å². The van der Waals surface area contributed by atoms with Crippen LogP contribution in [0, 0.1) is 5.92 Å². The lowest BCUT2D eigenvalue weighted by atomic mass is 9.97. The zero-order valence-electron chi connectivity index (χ0n) is 16.9. The Morgan fingerprint density at radius 1 is 1.33 bits per heavy atom. The predicted molar refractivity (Wildman–Crippen MR) is 106 cm³/mol. The quantitative estimate of drug-likeness (QED) is 0.448. The summed E-state index contributed by atoms with van der Waals surface area (Å²) >= 11 is 0. The van der Waals surface area contributed by atoms with Gasteiger partial charge < -0.3 is 19.7 Å². The van der Waals surface area contributed by atoms with E-state index < -0.39 is 0 Å². The maximum Gasteiger partial charge on any atom is 0.309 e. The lowest BCUT2D eigenvalue weighted by molar-refractivity contribution is -0.149. The van der Waals surface area contributed by atoms with Gasteiger partial charge in [-0.15, -0.1) is 0 Å². The Bertz CT molecular complexity index is 608. The van der Waals surface area contributed by atoms with Crippen molar-refractivity contribution in [3.8, 4) is 5.88 Å². The van der Waals surface area contributed by atoms with Crippen molar-refractivity contribution in [3.05, 3.63) is 23.9 Å². The number of aromatic nitrogens is 1. The molecule has 1 fully saturated rings. The number of hydrogen-bond donors (Lipinski definition) is 1. The van der Waals surface area contributed by atoms with E-state index >= 15 is 0 Å². The summed E-state index contributed by atoms with van der Waals surface area (Å²) in [5.74, 6) is 1.43. The molecule has 0 unspecified atom stereocenters. The molecule has 1 aromatic rings. The molecule has 2 heterocycles. The molecular weight excluding hydrogens is 344 g/mol. The number of pyridine rings is 1. The Morgan fingerprint density at radius 3 is 2.63 bits per heavy atom. The summed E-state index contributed by atoms with van der Waals surface area (Å²) in [6.45, 7) is 11.3. The molecule has 0 amide bonds. The number of hydrogen-bond acceptors (Lipinski definition) is 5. The van der Waals surface area contributed by atoms with Gasteiger partial charge in [0, 0.05) is 31.9 Å². The molecule has 1 aliphatic heterocycles. The average molecular weight is 377 g/mol. The number of nitrogens with one attached hydrogen (secondary N) is 1. The minimum atomic E-state index is -0.0751. The number of esters is 1. The third-order valence-corrected chi connectivity index (χ3v) is 4.31. The van der Waals surface area contributed by atoms with Crippen LogP contribution in [0.4, 0.5) is 0 Å². The summed E-state index contributed by atoms with van der Waals surface area (Å²) in [5.41, 5.74) is 1.03. The molecule has 7 heteroatoms. The van der Waals surface area contributed by atoms with Gasteiger partial charge in [0.15, 0.2) is 5.96 Å². The number of carbonyl (C=O) groups is 1. The first-order chi connectivity index (χ1) is 13.0. The minimum absolute atomic E-state index is 0.00165. The van der Waals surface area contributed by atoms with Crippen LogP contribution < -0.4 is 10.1 Å². The molecule has 7 nitrogen and oxygen atoms in total. The second kappa shape index (κ2) is 10.7. The van der Waals surface area contributed by atoms with Gasteiger partial charge in [-0.2, -0.15) is 0 Å². The molecule has 1 N–H and O–H groups in total. The molecule has 0 bridgehead atoms. The smallest absolute Gasteiger partial charge is 0.309 e. The van der Waals surface area contributed by atoms with Gasteiger partial charge in [-0.25, -0.2) is 9.98 Å². The molecule has 150 valence electrons. The van der Waals surface area contributed by atoms with Crippen LogP contribution in [0.3, 0.4) is 0 Å². The number of rotatable bonds is 7. The van der Waals surface area contributed by atoms with Crippen LogP contribution in [0.2, 0.25) is 0 Å².